The first kappa shape index (κ1) is 10.4. The predicted molar refractivity (Wildman–Crippen MR) is 57.7 cm³/mol. The number of nitrogens with zero attached hydrogens (tertiary/aromatic N) is 3. The van der Waals surface area contributed by atoms with Crippen molar-refractivity contribution in [2.75, 3.05) is 25.0 Å². The topological polar surface area (TPSA) is 68.2 Å². The fraction of sp³-hybridized carbons (Fsp3) is 0.800. The van der Waals surface area contributed by atoms with E-state index in [1.165, 1.54) is 19.3 Å². The molecule has 5 heteroatoms. The molecule has 0 radical (unpaired) electrons. The van der Waals surface area contributed by atoms with Crippen LogP contribution >= 0.6 is 0 Å². The molecule has 0 aliphatic heterocycles. The molecule has 15 heavy (non-hydrogen) atoms. The Hall–Kier alpha value is -1.10. The lowest BCUT2D eigenvalue weighted by Gasteiger charge is -2.28. The molecule has 0 aromatic carbocycles. The van der Waals surface area contributed by atoms with Gasteiger partial charge in [-0.2, -0.15) is 0 Å². The fourth-order valence-corrected chi connectivity index (χ4v) is 1.76. The first-order valence-corrected chi connectivity index (χ1v) is 5.53. The number of rotatable bonds is 5. The highest BCUT2D eigenvalue weighted by Gasteiger charge is 2.21. The minimum absolute atomic E-state index is 0.550. The second-order valence-electron chi connectivity index (χ2n) is 4.19. The van der Waals surface area contributed by atoms with Crippen molar-refractivity contribution >= 4 is 6.01 Å². The van der Waals surface area contributed by atoms with Crippen LogP contribution in [-0.2, 0) is 6.42 Å². The average molecular weight is 210 g/mol. The molecule has 0 amide bonds. The van der Waals surface area contributed by atoms with Crippen LogP contribution in [0.15, 0.2) is 4.42 Å². The molecular formula is C10H18N4O. The lowest BCUT2D eigenvalue weighted by atomic mass is 9.85. The van der Waals surface area contributed by atoms with Crippen molar-refractivity contribution in [3.05, 3.63) is 5.89 Å². The first-order chi connectivity index (χ1) is 7.29. The normalized spacial score (nSPS) is 16.4. The summed E-state index contributed by atoms with van der Waals surface area (Å²) in [5, 5.41) is 7.94. The van der Waals surface area contributed by atoms with Gasteiger partial charge in [-0.15, -0.1) is 5.10 Å². The van der Waals surface area contributed by atoms with Crippen LogP contribution in [0.2, 0.25) is 0 Å². The summed E-state index contributed by atoms with van der Waals surface area (Å²) in [6, 6.07) is 0.616. The Bertz CT molecular complexity index is 308. The minimum Gasteiger partial charge on any atom is -0.408 e. The van der Waals surface area contributed by atoms with Gasteiger partial charge < -0.3 is 15.1 Å². The van der Waals surface area contributed by atoms with Crippen LogP contribution in [0.4, 0.5) is 6.01 Å². The summed E-state index contributed by atoms with van der Waals surface area (Å²) in [4.78, 5) is 2.04. The molecule has 1 fully saturated rings. The molecular weight excluding hydrogens is 192 g/mol. The van der Waals surface area contributed by atoms with E-state index in [9.17, 15) is 0 Å². The highest BCUT2D eigenvalue weighted by atomic mass is 16.4. The number of nitrogens with two attached hydrogens (primary N) is 1. The molecule has 1 aliphatic rings. The summed E-state index contributed by atoms with van der Waals surface area (Å²) in [6.07, 6.45) is 4.67. The molecule has 1 aliphatic carbocycles. The van der Waals surface area contributed by atoms with Crippen LogP contribution in [0.5, 0.6) is 0 Å². The van der Waals surface area contributed by atoms with E-state index >= 15 is 0 Å². The minimum atomic E-state index is 0.550. The SMILES string of the molecule is CN(CC1CCC1)c1nnc(CCN)o1. The largest absolute Gasteiger partial charge is 0.408 e. The van der Waals surface area contributed by atoms with Crippen molar-refractivity contribution in [2.45, 2.75) is 25.7 Å². The predicted octanol–water partition coefficient (Wildman–Crippen LogP) is 0.807. The monoisotopic (exact) mass is 210 g/mol. The Morgan fingerprint density at radius 2 is 2.27 bits per heavy atom. The summed E-state index contributed by atoms with van der Waals surface area (Å²) in [7, 11) is 2.00. The third-order valence-electron chi connectivity index (χ3n) is 2.90. The van der Waals surface area contributed by atoms with Crippen molar-refractivity contribution in [2.24, 2.45) is 11.7 Å². The molecule has 1 heterocycles. The van der Waals surface area contributed by atoms with Crippen LogP contribution in [0.25, 0.3) is 0 Å². The Labute approximate surface area is 89.6 Å². The zero-order valence-electron chi connectivity index (χ0n) is 9.15. The molecule has 2 N–H and O–H groups in total. The maximum absolute atomic E-state index is 5.48. The molecule has 5 nitrogen and oxygen atoms in total. The van der Waals surface area contributed by atoms with Gasteiger partial charge in [-0.3, -0.25) is 0 Å². The maximum atomic E-state index is 5.48. The lowest BCUT2D eigenvalue weighted by Crippen LogP contribution is -2.29. The number of hydrogen-bond donors (Lipinski definition) is 1. The van der Waals surface area contributed by atoms with Gasteiger partial charge in [0.05, 0.1) is 0 Å². The molecule has 0 spiro atoms. The van der Waals surface area contributed by atoms with Crippen molar-refractivity contribution in [1.29, 1.82) is 0 Å². The Kier molecular flexibility index (Phi) is 3.20. The van der Waals surface area contributed by atoms with Crippen molar-refractivity contribution in [1.82, 2.24) is 10.2 Å². The van der Waals surface area contributed by atoms with Crippen molar-refractivity contribution in [3.8, 4) is 0 Å². The van der Waals surface area contributed by atoms with E-state index in [-0.39, 0.29) is 0 Å². The summed E-state index contributed by atoms with van der Waals surface area (Å²) >= 11 is 0. The fourth-order valence-electron chi connectivity index (χ4n) is 1.76. The maximum Gasteiger partial charge on any atom is 0.317 e. The molecule has 84 valence electrons. The summed E-state index contributed by atoms with van der Waals surface area (Å²) < 4.78 is 5.48. The highest BCUT2D eigenvalue weighted by molar-refractivity contribution is 5.22. The van der Waals surface area contributed by atoms with Gasteiger partial charge in [0.15, 0.2) is 0 Å². The molecule has 2 rings (SSSR count). The van der Waals surface area contributed by atoms with Crippen LogP contribution < -0.4 is 10.6 Å². The van der Waals surface area contributed by atoms with Gasteiger partial charge in [-0.25, -0.2) is 0 Å². The number of anilines is 1. The molecule has 1 saturated carbocycles. The molecule has 0 atom stereocenters. The third-order valence-corrected chi connectivity index (χ3v) is 2.90. The van der Waals surface area contributed by atoms with E-state index in [0.717, 1.165) is 12.5 Å². The number of aromatic nitrogens is 2. The summed E-state index contributed by atoms with van der Waals surface area (Å²) in [5.41, 5.74) is 5.42. The first-order valence-electron chi connectivity index (χ1n) is 5.53. The van der Waals surface area contributed by atoms with Gasteiger partial charge >= 0.3 is 6.01 Å². The Morgan fingerprint density at radius 3 is 2.87 bits per heavy atom. The van der Waals surface area contributed by atoms with Gasteiger partial charge in [0, 0.05) is 26.6 Å². The third kappa shape index (κ3) is 2.47. The molecule has 0 saturated heterocycles. The zero-order valence-corrected chi connectivity index (χ0v) is 9.15. The average Bonchev–Trinajstić information content (AvgIpc) is 2.60. The van der Waals surface area contributed by atoms with E-state index in [1.54, 1.807) is 0 Å². The summed E-state index contributed by atoms with van der Waals surface area (Å²) in [5.74, 6) is 1.44. The van der Waals surface area contributed by atoms with Gasteiger partial charge in [0.1, 0.15) is 0 Å². The van der Waals surface area contributed by atoms with E-state index in [0.29, 0.717) is 24.9 Å². The van der Waals surface area contributed by atoms with E-state index < -0.39 is 0 Å². The van der Waals surface area contributed by atoms with Crippen molar-refractivity contribution in [3.63, 3.8) is 0 Å². The second kappa shape index (κ2) is 4.61. The smallest absolute Gasteiger partial charge is 0.317 e. The molecule has 1 aromatic heterocycles. The van der Waals surface area contributed by atoms with E-state index in [2.05, 4.69) is 10.2 Å². The zero-order chi connectivity index (χ0) is 10.7. The summed E-state index contributed by atoms with van der Waals surface area (Å²) in [6.45, 7) is 1.57. The standard InChI is InChI=1S/C10H18N4O/c1-14(7-8-3-2-4-8)10-13-12-9(15-10)5-6-11/h8H,2-7,11H2,1H3. The number of hydrogen-bond acceptors (Lipinski definition) is 5. The van der Waals surface area contributed by atoms with E-state index in [4.69, 9.17) is 10.2 Å². The Balaban J connectivity index is 1.89. The van der Waals surface area contributed by atoms with Gasteiger partial charge in [0.2, 0.25) is 5.89 Å². The Morgan fingerprint density at radius 1 is 1.47 bits per heavy atom. The quantitative estimate of drug-likeness (QED) is 0.778. The molecule has 0 bridgehead atoms. The van der Waals surface area contributed by atoms with Crippen LogP contribution in [-0.4, -0.2) is 30.3 Å². The van der Waals surface area contributed by atoms with Gasteiger partial charge in [-0.05, 0) is 18.8 Å². The second-order valence-corrected chi connectivity index (χ2v) is 4.19. The van der Waals surface area contributed by atoms with Gasteiger partial charge in [-0.1, -0.05) is 11.5 Å². The highest BCUT2D eigenvalue weighted by Crippen LogP contribution is 2.27. The lowest BCUT2D eigenvalue weighted by molar-refractivity contribution is 0.316. The van der Waals surface area contributed by atoms with Crippen LogP contribution in [0, 0.1) is 5.92 Å². The van der Waals surface area contributed by atoms with Crippen molar-refractivity contribution < 1.29 is 4.42 Å². The molecule has 1 aromatic rings. The van der Waals surface area contributed by atoms with E-state index in [1.807, 2.05) is 11.9 Å². The van der Waals surface area contributed by atoms with Crippen LogP contribution in [0.3, 0.4) is 0 Å². The van der Waals surface area contributed by atoms with Gasteiger partial charge in [0.25, 0.3) is 0 Å². The van der Waals surface area contributed by atoms with Crippen LogP contribution in [0.1, 0.15) is 25.2 Å². The molecule has 0 unspecified atom stereocenters.